The molecule has 3 aliphatic heterocycles. The Hall–Kier alpha value is -1.96. The van der Waals surface area contributed by atoms with Crippen LogP contribution < -0.4 is 10.2 Å². The van der Waals surface area contributed by atoms with Gasteiger partial charge in [0.1, 0.15) is 0 Å². The Morgan fingerprint density at radius 2 is 1.93 bits per heavy atom. The summed E-state index contributed by atoms with van der Waals surface area (Å²) in [5.74, 6) is 0.136. The van der Waals surface area contributed by atoms with Crippen molar-refractivity contribution in [1.29, 1.82) is 0 Å². The molecule has 0 aliphatic carbocycles. The minimum atomic E-state index is -0.298. The lowest BCUT2D eigenvalue weighted by molar-refractivity contribution is -0.126. The smallest absolute Gasteiger partial charge is 0.227 e. The van der Waals surface area contributed by atoms with Crippen LogP contribution in [0.15, 0.2) is 24.3 Å². The normalized spacial score (nSPS) is 26.2. The van der Waals surface area contributed by atoms with Crippen molar-refractivity contribution in [2.75, 3.05) is 57.5 Å². The average molecular weight is 416 g/mol. The van der Waals surface area contributed by atoms with Crippen molar-refractivity contribution >= 4 is 17.5 Å². The molecule has 30 heavy (non-hydrogen) atoms. The highest BCUT2D eigenvalue weighted by Gasteiger charge is 2.37. The minimum absolute atomic E-state index is 0.0202. The van der Waals surface area contributed by atoms with Crippen molar-refractivity contribution in [3.8, 4) is 0 Å². The number of nitrogens with zero attached hydrogens (tertiary/aromatic N) is 2. The molecular formula is C23H33N3O4. The van der Waals surface area contributed by atoms with Crippen molar-refractivity contribution in [2.45, 2.75) is 32.2 Å². The summed E-state index contributed by atoms with van der Waals surface area (Å²) < 4.78 is 11.1. The summed E-state index contributed by atoms with van der Waals surface area (Å²) in [6.07, 6.45) is 2.27. The first kappa shape index (κ1) is 21.3. The number of ether oxygens (including phenoxy) is 2. The SMILES string of the molecule is CCc1ccc(N2CC(C(=O)NCC(C3CCOC3)N3CCOCC3)CC2=O)cc1. The summed E-state index contributed by atoms with van der Waals surface area (Å²) in [4.78, 5) is 29.6. The van der Waals surface area contributed by atoms with Crippen LogP contribution in [0, 0.1) is 11.8 Å². The van der Waals surface area contributed by atoms with E-state index in [0.29, 0.717) is 19.0 Å². The zero-order valence-corrected chi connectivity index (χ0v) is 17.8. The lowest BCUT2D eigenvalue weighted by Crippen LogP contribution is -2.53. The number of carbonyl (C=O) groups is 2. The van der Waals surface area contributed by atoms with Gasteiger partial charge in [0.2, 0.25) is 11.8 Å². The predicted molar refractivity (Wildman–Crippen MR) is 114 cm³/mol. The third kappa shape index (κ3) is 4.85. The number of rotatable bonds is 7. The van der Waals surface area contributed by atoms with Gasteiger partial charge >= 0.3 is 0 Å². The Labute approximate surface area is 178 Å². The largest absolute Gasteiger partial charge is 0.381 e. The minimum Gasteiger partial charge on any atom is -0.381 e. The Bertz CT molecular complexity index is 726. The van der Waals surface area contributed by atoms with Gasteiger partial charge in [-0.25, -0.2) is 0 Å². The number of morpholine rings is 1. The second kappa shape index (κ2) is 9.90. The molecule has 3 heterocycles. The summed E-state index contributed by atoms with van der Waals surface area (Å²) in [6.45, 7) is 7.96. The van der Waals surface area contributed by atoms with E-state index in [1.165, 1.54) is 5.56 Å². The van der Waals surface area contributed by atoms with Gasteiger partial charge < -0.3 is 19.7 Å². The molecule has 1 aromatic rings. The van der Waals surface area contributed by atoms with Gasteiger partial charge in [-0.05, 0) is 30.5 Å². The maximum atomic E-state index is 12.9. The zero-order valence-electron chi connectivity index (χ0n) is 17.8. The lowest BCUT2D eigenvalue weighted by Gasteiger charge is -2.37. The van der Waals surface area contributed by atoms with Crippen molar-refractivity contribution < 1.29 is 19.1 Å². The lowest BCUT2D eigenvalue weighted by atomic mass is 9.96. The molecule has 1 aromatic carbocycles. The van der Waals surface area contributed by atoms with E-state index in [1.807, 2.05) is 24.3 Å². The number of anilines is 1. The Kier molecular flexibility index (Phi) is 7.02. The number of nitrogens with one attached hydrogen (secondary N) is 1. The van der Waals surface area contributed by atoms with Crippen LogP contribution in [0.4, 0.5) is 5.69 Å². The Morgan fingerprint density at radius 3 is 2.60 bits per heavy atom. The molecule has 0 aromatic heterocycles. The van der Waals surface area contributed by atoms with Gasteiger partial charge in [-0.2, -0.15) is 0 Å². The number of amides is 2. The zero-order chi connectivity index (χ0) is 20.9. The van der Waals surface area contributed by atoms with Crippen LogP contribution in [0.5, 0.6) is 0 Å². The van der Waals surface area contributed by atoms with Gasteiger partial charge in [0, 0.05) is 56.9 Å². The van der Waals surface area contributed by atoms with E-state index in [-0.39, 0.29) is 30.2 Å². The van der Waals surface area contributed by atoms with E-state index in [1.54, 1.807) is 4.90 Å². The van der Waals surface area contributed by atoms with Crippen molar-refractivity contribution in [3.63, 3.8) is 0 Å². The van der Waals surface area contributed by atoms with Gasteiger partial charge in [-0.3, -0.25) is 14.5 Å². The summed E-state index contributed by atoms with van der Waals surface area (Å²) >= 11 is 0. The number of hydrogen-bond acceptors (Lipinski definition) is 5. The van der Waals surface area contributed by atoms with E-state index < -0.39 is 0 Å². The molecule has 1 N–H and O–H groups in total. The molecule has 0 spiro atoms. The molecule has 3 aliphatic rings. The quantitative estimate of drug-likeness (QED) is 0.730. The third-order valence-corrected chi connectivity index (χ3v) is 6.66. The van der Waals surface area contributed by atoms with Crippen LogP contribution in [0.2, 0.25) is 0 Å². The van der Waals surface area contributed by atoms with Gasteiger partial charge in [-0.15, -0.1) is 0 Å². The number of aryl methyl sites for hydroxylation is 1. The molecule has 0 bridgehead atoms. The third-order valence-electron chi connectivity index (χ3n) is 6.66. The maximum absolute atomic E-state index is 12.9. The summed E-state index contributed by atoms with van der Waals surface area (Å²) in [5, 5.41) is 3.15. The molecule has 0 radical (unpaired) electrons. The topological polar surface area (TPSA) is 71.1 Å². The number of hydrogen-bond donors (Lipinski definition) is 1. The summed E-state index contributed by atoms with van der Waals surface area (Å²) in [5.41, 5.74) is 2.12. The fourth-order valence-electron chi connectivity index (χ4n) is 4.75. The molecule has 3 fully saturated rings. The highest BCUT2D eigenvalue weighted by atomic mass is 16.5. The molecule has 0 saturated carbocycles. The molecule has 3 unspecified atom stereocenters. The van der Waals surface area contributed by atoms with Crippen LogP contribution in [-0.2, 0) is 25.5 Å². The van der Waals surface area contributed by atoms with Crippen LogP contribution >= 0.6 is 0 Å². The molecular weight excluding hydrogens is 382 g/mol. The van der Waals surface area contributed by atoms with Crippen LogP contribution in [0.1, 0.15) is 25.3 Å². The van der Waals surface area contributed by atoms with Gasteiger partial charge in [0.25, 0.3) is 0 Å². The Morgan fingerprint density at radius 1 is 1.17 bits per heavy atom. The monoisotopic (exact) mass is 415 g/mol. The predicted octanol–water partition coefficient (Wildman–Crippen LogP) is 1.46. The molecule has 7 heteroatoms. The molecule has 7 nitrogen and oxygen atoms in total. The fraction of sp³-hybridized carbons (Fsp3) is 0.652. The van der Waals surface area contributed by atoms with E-state index in [0.717, 1.165) is 58.0 Å². The van der Waals surface area contributed by atoms with Crippen LogP contribution in [0.25, 0.3) is 0 Å². The van der Waals surface area contributed by atoms with E-state index >= 15 is 0 Å². The van der Waals surface area contributed by atoms with E-state index in [9.17, 15) is 9.59 Å². The first-order valence-corrected chi connectivity index (χ1v) is 11.2. The highest BCUT2D eigenvalue weighted by molar-refractivity contribution is 6.00. The molecule has 3 saturated heterocycles. The van der Waals surface area contributed by atoms with Crippen LogP contribution in [0.3, 0.4) is 0 Å². The van der Waals surface area contributed by atoms with Crippen molar-refractivity contribution in [3.05, 3.63) is 29.8 Å². The molecule has 4 rings (SSSR count). The van der Waals surface area contributed by atoms with Crippen molar-refractivity contribution in [2.24, 2.45) is 11.8 Å². The highest BCUT2D eigenvalue weighted by Crippen LogP contribution is 2.26. The fourth-order valence-corrected chi connectivity index (χ4v) is 4.75. The summed E-state index contributed by atoms with van der Waals surface area (Å²) in [6, 6.07) is 8.31. The molecule has 3 atom stereocenters. The first-order chi connectivity index (χ1) is 14.7. The number of carbonyl (C=O) groups excluding carboxylic acids is 2. The second-order valence-corrected chi connectivity index (χ2v) is 8.51. The van der Waals surface area contributed by atoms with Gasteiger partial charge in [0.05, 0.1) is 25.7 Å². The van der Waals surface area contributed by atoms with Crippen molar-refractivity contribution in [1.82, 2.24) is 10.2 Å². The van der Waals surface area contributed by atoms with E-state index in [4.69, 9.17) is 9.47 Å². The molecule has 164 valence electrons. The molecule has 2 amide bonds. The Balaban J connectivity index is 1.34. The standard InChI is InChI=1S/C23H33N3O4/c1-2-17-3-5-20(6-4-17)26-15-19(13-22(26)27)23(28)24-14-21(18-7-10-30-16-18)25-8-11-29-12-9-25/h3-6,18-19,21H,2,7-16H2,1H3,(H,24,28). The maximum Gasteiger partial charge on any atom is 0.227 e. The van der Waals surface area contributed by atoms with E-state index in [2.05, 4.69) is 17.1 Å². The second-order valence-electron chi connectivity index (χ2n) is 8.51. The first-order valence-electron chi connectivity index (χ1n) is 11.2. The summed E-state index contributed by atoms with van der Waals surface area (Å²) in [7, 11) is 0. The van der Waals surface area contributed by atoms with Gasteiger partial charge in [0.15, 0.2) is 0 Å². The van der Waals surface area contributed by atoms with Gasteiger partial charge in [-0.1, -0.05) is 19.1 Å². The average Bonchev–Trinajstić information content (AvgIpc) is 3.45. The van der Waals surface area contributed by atoms with Crippen LogP contribution in [-0.4, -0.2) is 75.4 Å². The number of benzene rings is 1.